The van der Waals surface area contributed by atoms with Crippen LogP contribution in [0.2, 0.25) is 0 Å². The lowest BCUT2D eigenvalue weighted by Crippen LogP contribution is -2.10. The summed E-state index contributed by atoms with van der Waals surface area (Å²) in [5.74, 6) is 1.75. The minimum absolute atomic E-state index is 0.871. The zero-order valence-corrected chi connectivity index (χ0v) is 34.2. The number of nitrogens with zero attached hydrogens (tertiary/aromatic N) is 2. The molecule has 1 aliphatic rings. The normalized spacial score (nSPS) is 11.9. The van der Waals surface area contributed by atoms with Crippen LogP contribution in [0.25, 0.3) is 93.2 Å². The van der Waals surface area contributed by atoms with Gasteiger partial charge in [-0.3, -0.25) is 0 Å². The summed E-state index contributed by atoms with van der Waals surface area (Å²) in [7, 11) is 0. The van der Waals surface area contributed by atoms with Crippen LogP contribution in [0.1, 0.15) is 0 Å². The third kappa shape index (κ3) is 5.75. The highest BCUT2D eigenvalue weighted by Crippen LogP contribution is 2.47. The summed E-state index contributed by atoms with van der Waals surface area (Å²) in [5.41, 5.74) is 13.7. The van der Waals surface area contributed by atoms with Gasteiger partial charge < -0.3 is 14.2 Å². The van der Waals surface area contributed by atoms with Gasteiger partial charge >= 0.3 is 0 Å². The van der Waals surface area contributed by atoms with Gasteiger partial charge in [-0.1, -0.05) is 158 Å². The van der Waals surface area contributed by atoms with Crippen LogP contribution in [0, 0.1) is 0 Å². The number of fused-ring (bicyclic) bond motifs is 9. The van der Waals surface area contributed by atoms with Gasteiger partial charge in [0.1, 0.15) is 0 Å². The quantitative estimate of drug-likeness (QED) is 0.156. The maximum Gasteiger partial charge on any atom is 0.152 e. The Bertz CT molecular complexity index is 3780. The van der Waals surface area contributed by atoms with Gasteiger partial charge in [-0.2, -0.15) is 0 Å². The van der Waals surface area contributed by atoms with Gasteiger partial charge in [-0.15, -0.1) is 0 Å². The molecule has 1 aliphatic heterocycles. The smallest absolute Gasteiger partial charge is 0.152 e. The Morgan fingerprint density at radius 1 is 0.317 bits per heavy atom. The topological polar surface area (TPSA) is 17.4 Å². The molecule has 0 unspecified atom stereocenters. The number of para-hydroxylation sites is 3. The van der Waals surface area contributed by atoms with Crippen molar-refractivity contribution in [1.82, 2.24) is 4.57 Å². The van der Waals surface area contributed by atoms with Crippen molar-refractivity contribution in [2.75, 3.05) is 4.90 Å². The van der Waals surface area contributed by atoms with Gasteiger partial charge in [-0.25, -0.2) is 0 Å². The van der Waals surface area contributed by atoms with Crippen LogP contribution in [0.3, 0.4) is 0 Å². The lowest BCUT2D eigenvalue weighted by molar-refractivity contribution is 0.476. The van der Waals surface area contributed by atoms with E-state index in [9.17, 15) is 0 Å². The molecule has 3 nitrogen and oxygen atoms in total. The summed E-state index contributed by atoms with van der Waals surface area (Å²) in [6.07, 6.45) is 0. The zero-order valence-electron chi connectivity index (χ0n) is 34.2. The molecular formula is C60H38N2O. The first kappa shape index (κ1) is 35.4. The van der Waals surface area contributed by atoms with Crippen LogP contribution in [0.4, 0.5) is 17.1 Å². The summed E-state index contributed by atoms with van der Waals surface area (Å²) in [6.45, 7) is 0. The molecule has 2 heterocycles. The zero-order chi connectivity index (χ0) is 41.4. The van der Waals surface area contributed by atoms with Crippen LogP contribution in [0.15, 0.2) is 231 Å². The maximum absolute atomic E-state index is 6.42. The summed E-state index contributed by atoms with van der Waals surface area (Å²) in [6, 6.07) is 83.7. The predicted octanol–water partition coefficient (Wildman–Crippen LogP) is 16.8. The molecule has 0 saturated heterocycles. The van der Waals surface area contributed by atoms with Gasteiger partial charge in [0.25, 0.3) is 0 Å². The van der Waals surface area contributed by atoms with E-state index in [2.05, 4.69) is 228 Å². The first-order valence-electron chi connectivity index (χ1n) is 21.6. The highest BCUT2D eigenvalue weighted by Gasteiger charge is 2.24. The summed E-state index contributed by atoms with van der Waals surface area (Å²) in [5, 5.41) is 9.92. The molecule has 12 aromatic rings. The predicted molar refractivity (Wildman–Crippen MR) is 264 cm³/mol. The first-order chi connectivity index (χ1) is 31.2. The van der Waals surface area contributed by atoms with Gasteiger partial charge in [0.15, 0.2) is 11.5 Å². The summed E-state index contributed by atoms with van der Waals surface area (Å²) in [4.78, 5) is 2.39. The molecule has 0 amide bonds. The molecule has 0 atom stereocenters. The molecule has 0 saturated carbocycles. The van der Waals surface area contributed by atoms with E-state index >= 15 is 0 Å². The van der Waals surface area contributed by atoms with Gasteiger partial charge in [0.2, 0.25) is 0 Å². The molecule has 3 heteroatoms. The molecule has 0 fully saturated rings. The van der Waals surface area contributed by atoms with E-state index in [0.717, 1.165) is 50.9 Å². The number of anilines is 3. The average molecular weight is 803 g/mol. The molecule has 1 aromatic heterocycles. The van der Waals surface area contributed by atoms with Crippen molar-refractivity contribution < 1.29 is 4.74 Å². The molecule has 0 bridgehead atoms. The van der Waals surface area contributed by atoms with Crippen molar-refractivity contribution in [3.8, 4) is 50.6 Å². The highest BCUT2D eigenvalue weighted by atomic mass is 16.5. The van der Waals surface area contributed by atoms with Crippen LogP contribution in [-0.4, -0.2) is 4.57 Å². The third-order valence-corrected chi connectivity index (χ3v) is 12.9. The van der Waals surface area contributed by atoms with Crippen molar-refractivity contribution in [3.05, 3.63) is 231 Å². The Kier molecular flexibility index (Phi) is 7.91. The maximum atomic E-state index is 6.42. The van der Waals surface area contributed by atoms with Crippen molar-refractivity contribution >= 4 is 71.2 Å². The van der Waals surface area contributed by atoms with E-state index in [1.54, 1.807) is 0 Å². The van der Waals surface area contributed by atoms with E-state index in [-0.39, 0.29) is 0 Å². The van der Waals surface area contributed by atoms with Crippen molar-refractivity contribution in [3.63, 3.8) is 0 Å². The van der Waals surface area contributed by atoms with Crippen LogP contribution in [-0.2, 0) is 0 Å². The minimum Gasteiger partial charge on any atom is -0.453 e. The van der Waals surface area contributed by atoms with E-state index in [1.807, 2.05) is 12.1 Å². The number of hydrogen-bond donors (Lipinski definition) is 0. The van der Waals surface area contributed by atoms with Gasteiger partial charge in [0, 0.05) is 27.8 Å². The summed E-state index contributed by atoms with van der Waals surface area (Å²) < 4.78 is 8.77. The largest absolute Gasteiger partial charge is 0.453 e. The average Bonchev–Trinajstić information content (AvgIpc) is 3.69. The van der Waals surface area contributed by atoms with Gasteiger partial charge in [0.05, 0.1) is 16.7 Å². The Hall–Kier alpha value is -8.40. The van der Waals surface area contributed by atoms with Crippen molar-refractivity contribution in [2.24, 2.45) is 0 Å². The fourth-order valence-corrected chi connectivity index (χ4v) is 9.94. The first-order valence-corrected chi connectivity index (χ1v) is 21.6. The Morgan fingerprint density at radius 3 is 1.76 bits per heavy atom. The number of rotatable bonds is 6. The fraction of sp³-hybridized carbons (Fsp3) is 0. The molecule has 0 N–H and O–H groups in total. The molecule has 294 valence electrons. The van der Waals surface area contributed by atoms with E-state index in [1.165, 1.54) is 70.9 Å². The number of aromatic nitrogens is 1. The molecule has 0 aliphatic carbocycles. The SMILES string of the molecule is c1cc(-c2ccc3ccccc3c2)cc(N(c2ccc(-c3cccc4c3ccc3ccccc34)cc2)c2cccc(-c3ccc4c(c3)c3cccc5c3n4-c3ccccc3O5)c2)c1. The van der Waals surface area contributed by atoms with Crippen molar-refractivity contribution in [1.29, 1.82) is 0 Å². The standard InChI is InChI=1S/C60H38N2O/c1-2-13-42-35-45(26-25-39(42)11-1)43-14-7-16-48(36-43)61(47-31-27-41(28-32-47)51-19-9-20-52-50-18-4-3-12-40(50)29-33-53(51)52)49-17-8-15-44(37-49)46-30-34-56-55(38-46)54-21-10-24-59-60(54)62(56)57-22-5-6-23-58(57)63-59/h1-38H. The number of benzene rings is 11. The van der Waals surface area contributed by atoms with E-state index in [0.29, 0.717) is 0 Å². The molecule has 13 rings (SSSR count). The molecule has 63 heavy (non-hydrogen) atoms. The second-order valence-electron chi connectivity index (χ2n) is 16.5. The number of hydrogen-bond acceptors (Lipinski definition) is 2. The van der Waals surface area contributed by atoms with Crippen LogP contribution in [0.5, 0.6) is 11.5 Å². The van der Waals surface area contributed by atoms with E-state index in [4.69, 9.17) is 4.74 Å². The fourth-order valence-electron chi connectivity index (χ4n) is 9.94. The Morgan fingerprint density at radius 2 is 0.921 bits per heavy atom. The monoisotopic (exact) mass is 802 g/mol. The summed E-state index contributed by atoms with van der Waals surface area (Å²) >= 11 is 0. The second kappa shape index (κ2) is 14.1. The lowest BCUT2D eigenvalue weighted by Gasteiger charge is -2.27. The van der Waals surface area contributed by atoms with Gasteiger partial charge in [-0.05, 0) is 138 Å². The minimum atomic E-state index is 0.871. The Labute approximate surface area is 364 Å². The van der Waals surface area contributed by atoms with Crippen molar-refractivity contribution in [2.45, 2.75) is 0 Å². The van der Waals surface area contributed by atoms with Crippen LogP contribution < -0.4 is 9.64 Å². The highest BCUT2D eigenvalue weighted by molar-refractivity contribution is 6.14. The Balaban J connectivity index is 0.944. The molecule has 11 aromatic carbocycles. The second-order valence-corrected chi connectivity index (χ2v) is 16.5. The third-order valence-electron chi connectivity index (χ3n) is 12.9. The molecule has 0 spiro atoms. The van der Waals surface area contributed by atoms with E-state index < -0.39 is 0 Å². The molecule has 0 radical (unpaired) electrons. The lowest BCUT2D eigenvalue weighted by atomic mass is 9.94. The van der Waals surface area contributed by atoms with Crippen LogP contribution >= 0.6 is 0 Å². The number of ether oxygens (including phenoxy) is 1. The molecular weight excluding hydrogens is 765 g/mol.